The second kappa shape index (κ2) is 9.55. The molecule has 1 aromatic heterocycles. The predicted octanol–water partition coefficient (Wildman–Crippen LogP) is 3.58. The molecule has 144 valence electrons. The Morgan fingerprint density at radius 2 is 1.93 bits per heavy atom. The van der Waals surface area contributed by atoms with Crippen LogP contribution < -0.4 is 5.32 Å². The number of nitrogens with zero attached hydrogens (tertiary/aromatic N) is 2. The van der Waals surface area contributed by atoms with Crippen LogP contribution in [0.25, 0.3) is 0 Å². The van der Waals surface area contributed by atoms with Crippen molar-refractivity contribution in [3.8, 4) is 0 Å². The normalized spacial score (nSPS) is 15.1. The lowest BCUT2D eigenvalue weighted by Crippen LogP contribution is -2.37. The number of ether oxygens (including phenoxy) is 1. The van der Waals surface area contributed by atoms with E-state index < -0.39 is 5.97 Å². The summed E-state index contributed by atoms with van der Waals surface area (Å²) in [5, 5.41) is 7.77. The molecule has 3 rings (SSSR count). The SMILES string of the molecule is O=C(COC(=O)c1cnn(Cc2ccccc2Cl)c1)NC1CCCCCC1. The van der Waals surface area contributed by atoms with Gasteiger partial charge >= 0.3 is 5.97 Å². The third kappa shape index (κ3) is 5.82. The van der Waals surface area contributed by atoms with Gasteiger partial charge in [0.05, 0.1) is 18.3 Å². The number of rotatable bonds is 6. The van der Waals surface area contributed by atoms with Gasteiger partial charge in [0.2, 0.25) is 0 Å². The molecule has 1 saturated carbocycles. The lowest BCUT2D eigenvalue weighted by atomic mass is 10.1. The molecule has 1 aliphatic rings. The van der Waals surface area contributed by atoms with Crippen molar-refractivity contribution in [2.45, 2.75) is 51.1 Å². The minimum absolute atomic E-state index is 0.192. The van der Waals surface area contributed by atoms with Crippen LogP contribution >= 0.6 is 11.6 Å². The van der Waals surface area contributed by atoms with E-state index in [0.717, 1.165) is 31.2 Å². The van der Waals surface area contributed by atoms with E-state index in [1.54, 1.807) is 10.9 Å². The Balaban J connectivity index is 1.47. The van der Waals surface area contributed by atoms with E-state index in [4.69, 9.17) is 16.3 Å². The van der Waals surface area contributed by atoms with Crippen molar-refractivity contribution >= 4 is 23.5 Å². The molecule has 1 amide bonds. The summed E-state index contributed by atoms with van der Waals surface area (Å²) in [4.78, 5) is 24.2. The average Bonchev–Trinajstić information content (AvgIpc) is 2.98. The molecule has 1 aliphatic carbocycles. The zero-order chi connectivity index (χ0) is 19.1. The summed E-state index contributed by atoms with van der Waals surface area (Å²) >= 11 is 6.14. The first-order chi connectivity index (χ1) is 13.1. The number of hydrogen-bond acceptors (Lipinski definition) is 4. The molecule has 2 aromatic rings. The highest BCUT2D eigenvalue weighted by atomic mass is 35.5. The second-order valence-electron chi connectivity index (χ2n) is 6.85. The summed E-state index contributed by atoms with van der Waals surface area (Å²) in [6, 6.07) is 7.66. The largest absolute Gasteiger partial charge is 0.452 e. The first kappa shape index (κ1) is 19.4. The van der Waals surface area contributed by atoms with Gasteiger partial charge in [-0.25, -0.2) is 4.79 Å². The first-order valence-electron chi connectivity index (χ1n) is 9.34. The van der Waals surface area contributed by atoms with E-state index in [1.807, 2.05) is 24.3 Å². The highest BCUT2D eigenvalue weighted by Gasteiger charge is 2.17. The Bertz CT molecular complexity index is 782. The third-order valence-electron chi connectivity index (χ3n) is 4.71. The Morgan fingerprint density at radius 1 is 1.19 bits per heavy atom. The van der Waals surface area contributed by atoms with Gasteiger partial charge in [0.15, 0.2) is 6.61 Å². The number of carbonyl (C=O) groups is 2. The van der Waals surface area contributed by atoms with E-state index in [2.05, 4.69) is 10.4 Å². The van der Waals surface area contributed by atoms with Crippen molar-refractivity contribution in [1.82, 2.24) is 15.1 Å². The molecule has 6 nitrogen and oxygen atoms in total. The third-order valence-corrected chi connectivity index (χ3v) is 5.08. The fraction of sp³-hybridized carbons (Fsp3) is 0.450. The van der Waals surface area contributed by atoms with Crippen LogP contribution in [0, 0.1) is 0 Å². The van der Waals surface area contributed by atoms with E-state index in [0.29, 0.717) is 17.1 Å². The number of carbonyl (C=O) groups excluding carboxylic acids is 2. The molecule has 0 atom stereocenters. The molecule has 7 heteroatoms. The van der Waals surface area contributed by atoms with E-state index in [9.17, 15) is 9.59 Å². The number of esters is 1. The second-order valence-corrected chi connectivity index (χ2v) is 7.26. The van der Waals surface area contributed by atoms with Crippen LogP contribution in [-0.4, -0.2) is 34.3 Å². The maximum absolute atomic E-state index is 12.1. The van der Waals surface area contributed by atoms with Crippen molar-refractivity contribution < 1.29 is 14.3 Å². The number of benzene rings is 1. The Kier molecular flexibility index (Phi) is 6.87. The number of aromatic nitrogens is 2. The lowest BCUT2D eigenvalue weighted by Gasteiger charge is -2.15. The summed E-state index contributed by atoms with van der Waals surface area (Å²) in [7, 11) is 0. The van der Waals surface area contributed by atoms with Gasteiger partial charge in [-0.3, -0.25) is 9.48 Å². The molecule has 0 saturated heterocycles. The van der Waals surface area contributed by atoms with Crippen molar-refractivity contribution in [3.63, 3.8) is 0 Å². The van der Waals surface area contributed by atoms with Gasteiger partial charge < -0.3 is 10.1 Å². The van der Waals surface area contributed by atoms with Crippen molar-refractivity contribution in [2.75, 3.05) is 6.61 Å². The fourth-order valence-electron chi connectivity index (χ4n) is 3.26. The van der Waals surface area contributed by atoms with Crippen LogP contribution in [0.2, 0.25) is 5.02 Å². The van der Waals surface area contributed by atoms with Gasteiger partial charge in [0.1, 0.15) is 0 Å². The van der Waals surface area contributed by atoms with E-state index >= 15 is 0 Å². The molecule has 0 radical (unpaired) electrons. The van der Waals surface area contributed by atoms with Crippen LogP contribution in [0.1, 0.15) is 54.4 Å². The molecule has 0 aliphatic heterocycles. The molecule has 27 heavy (non-hydrogen) atoms. The summed E-state index contributed by atoms with van der Waals surface area (Å²) in [6.45, 7) is 0.181. The number of hydrogen-bond donors (Lipinski definition) is 1. The van der Waals surface area contributed by atoms with E-state index in [1.165, 1.54) is 19.0 Å². The predicted molar refractivity (Wildman–Crippen MR) is 103 cm³/mol. The van der Waals surface area contributed by atoms with Crippen molar-refractivity contribution in [1.29, 1.82) is 0 Å². The zero-order valence-electron chi connectivity index (χ0n) is 15.2. The fourth-order valence-corrected chi connectivity index (χ4v) is 3.46. The molecule has 1 aromatic carbocycles. The maximum atomic E-state index is 12.1. The lowest BCUT2D eigenvalue weighted by molar-refractivity contribution is -0.125. The highest BCUT2D eigenvalue weighted by Crippen LogP contribution is 2.17. The quantitative estimate of drug-likeness (QED) is 0.605. The smallest absolute Gasteiger partial charge is 0.341 e. The molecule has 1 fully saturated rings. The van der Waals surface area contributed by atoms with Crippen LogP contribution in [0.4, 0.5) is 0 Å². The van der Waals surface area contributed by atoms with E-state index in [-0.39, 0.29) is 18.6 Å². The van der Waals surface area contributed by atoms with Crippen LogP contribution in [0.15, 0.2) is 36.7 Å². The van der Waals surface area contributed by atoms with Gasteiger partial charge in [-0.1, -0.05) is 55.5 Å². The van der Waals surface area contributed by atoms with Gasteiger partial charge in [0, 0.05) is 17.3 Å². The van der Waals surface area contributed by atoms with Gasteiger partial charge in [-0.2, -0.15) is 5.10 Å². The minimum atomic E-state index is -0.559. The molecule has 0 unspecified atom stereocenters. The van der Waals surface area contributed by atoms with Gasteiger partial charge in [-0.05, 0) is 24.5 Å². The Hall–Kier alpha value is -2.34. The van der Waals surface area contributed by atoms with Crippen molar-refractivity contribution in [3.05, 3.63) is 52.8 Å². The zero-order valence-corrected chi connectivity index (χ0v) is 16.0. The average molecular weight is 390 g/mol. The minimum Gasteiger partial charge on any atom is -0.452 e. The van der Waals surface area contributed by atoms with Crippen LogP contribution in [0.3, 0.4) is 0 Å². The topological polar surface area (TPSA) is 73.2 Å². The molecule has 1 heterocycles. The van der Waals surface area contributed by atoms with Gasteiger partial charge in [0.25, 0.3) is 5.91 Å². The summed E-state index contributed by atoms with van der Waals surface area (Å²) in [5.74, 6) is -0.810. The monoisotopic (exact) mass is 389 g/mol. The summed E-state index contributed by atoms with van der Waals surface area (Å²) < 4.78 is 6.73. The maximum Gasteiger partial charge on any atom is 0.341 e. The molecule has 0 bridgehead atoms. The molecular formula is C20H24ClN3O3. The number of halogens is 1. The van der Waals surface area contributed by atoms with Crippen molar-refractivity contribution in [2.24, 2.45) is 0 Å². The number of amides is 1. The molecule has 1 N–H and O–H groups in total. The Labute approximate surface area is 163 Å². The Morgan fingerprint density at radius 3 is 2.67 bits per heavy atom. The molecule has 0 spiro atoms. The number of nitrogens with one attached hydrogen (secondary N) is 1. The standard InChI is InChI=1S/C20H24ClN3O3/c21-18-10-6-5-7-15(18)12-24-13-16(11-22-24)20(26)27-14-19(25)23-17-8-3-1-2-4-9-17/h5-7,10-11,13,17H,1-4,8-9,12,14H2,(H,23,25). The molecular weight excluding hydrogens is 366 g/mol. The summed E-state index contributed by atoms with van der Waals surface area (Å²) in [5.41, 5.74) is 1.22. The highest BCUT2D eigenvalue weighted by molar-refractivity contribution is 6.31. The first-order valence-corrected chi connectivity index (χ1v) is 9.72. The van der Waals surface area contributed by atoms with Crippen LogP contribution in [0.5, 0.6) is 0 Å². The summed E-state index contributed by atoms with van der Waals surface area (Å²) in [6.07, 6.45) is 9.73. The van der Waals surface area contributed by atoms with Crippen LogP contribution in [-0.2, 0) is 16.1 Å². The van der Waals surface area contributed by atoms with Gasteiger partial charge in [-0.15, -0.1) is 0 Å².